The summed E-state index contributed by atoms with van der Waals surface area (Å²) >= 11 is 0. The van der Waals surface area contributed by atoms with Gasteiger partial charge in [-0.15, -0.1) is 0 Å². The largest absolute Gasteiger partial charge is 0.355 e. The zero-order valence-electron chi connectivity index (χ0n) is 17.4. The maximum Gasteiger partial charge on any atom is 0.223 e. The number of carbonyl (C=O) groups is 1. The van der Waals surface area contributed by atoms with E-state index in [2.05, 4.69) is 15.6 Å². The van der Waals surface area contributed by atoms with Gasteiger partial charge in [0.25, 0.3) is 0 Å². The Balaban J connectivity index is 1.72. The number of guanidine groups is 1. The molecular weight excluding hydrogens is 414 g/mol. The SMILES string of the molecule is N#CNC(=NCC(C(=N)c1ccc(F)cc1)N1CCCC1=O)NCCc1ccccc1F. The standard InChI is InChI=1S/C23H24F2N6O/c24-18-9-7-17(8-10-18)22(27)20(31-13-3-6-21(31)32)14-29-23(30-15-26)28-12-11-16-4-1-2-5-19(16)25/h1-2,4-5,7-10,20,27H,3,6,11-14H2,(H2,28,29,30). The topological polar surface area (TPSA) is 104 Å². The molecule has 3 N–H and O–H groups in total. The van der Waals surface area contributed by atoms with E-state index in [0.29, 0.717) is 43.5 Å². The third kappa shape index (κ3) is 5.88. The van der Waals surface area contributed by atoms with E-state index >= 15 is 0 Å². The van der Waals surface area contributed by atoms with Crippen molar-refractivity contribution in [2.24, 2.45) is 4.99 Å². The molecule has 7 nitrogen and oxygen atoms in total. The third-order valence-corrected chi connectivity index (χ3v) is 5.22. The molecule has 1 fully saturated rings. The molecule has 1 saturated heterocycles. The summed E-state index contributed by atoms with van der Waals surface area (Å²) in [6.45, 7) is 0.875. The number of nitrogens with one attached hydrogen (secondary N) is 3. The second-order valence-corrected chi connectivity index (χ2v) is 7.32. The monoisotopic (exact) mass is 438 g/mol. The molecule has 166 valence electrons. The second-order valence-electron chi connectivity index (χ2n) is 7.32. The molecule has 1 aliphatic heterocycles. The number of benzene rings is 2. The lowest BCUT2D eigenvalue weighted by Gasteiger charge is -2.27. The van der Waals surface area contributed by atoms with Gasteiger partial charge in [0.1, 0.15) is 11.6 Å². The van der Waals surface area contributed by atoms with Gasteiger partial charge in [0.2, 0.25) is 11.9 Å². The van der Waals surface area contributed by atoms with Gasteiger partial charge in [0.15, 0.2) is 6.19 Å². The van der Waals surface area contributed by atoms with Crippen LogP contribution in [0, 0.1) is 28.5 Å². The van der Waals surface area contributed by atoms with Crippen molar-refractivity contribution < 1.29 is 13.6 Å². The van der Waals surface area contributed by atoms with E-state index in [1.54, 1.807) is 29.3 Å². The van der Waals surface area contributed by atoms with E-state index in [-0.39, 0.29) is 29.9 Å². The summed E-state index contributed by atoms with van der Waals surface area (Å²) in [7, 11) is 0. The number of hydrogen-bond donors (Lipinski definition) is 3. The first kappa shape index (κ1) is 22.9. The fraction of sp³-hybridized carbons (Fsp3) is 0.304. The van der Waals surface area contributed by atoms with Crippen LogP contribution >= 0.6 is 0 Å². The van der Waals surface area contributed by atoms with Crippen molar-refractivity contribution in [3.05, 3.63) is 71.3 Å². The Morgan fingerprint density at radius 3 is 2.62 bits per heavy atom. The molecule has 0 bridgehead atoms. The van der Waals surface area contributed by atoms with Gasteiger partial charge in [-0.25, -0.2) is 13.8 Å². The average Bonchev–Trinajstić information content (AvgIpc) is 3.21. The summed E-state index contributed by atoms with van der Waals surface area (Å²) < 4.78 is 27.1. The van der Waals surface area contributed by atoms with E-state index < -0.39 is 11.9 Å². The average molecular weight is 438 g/mol. The van der Waals surface area contributed by atoms with Gasteiger partial charge < -0.3 is 15.6 Å². The minimum atomic E-state index is -0.653. The fourth-order valence-corrected chi connectivity index (χ4v) is 3.55. The number of nitrogens with zero attached hydrogens (tertiary/aromatic N) is 3. The first-order chi connectivity index (χ1) is 15.5. The van der Waals surface area contributed by atoms with Crippen molar-refractivity contribution in [1.82, 2.24) is 15.5 Å². The summed E-state index contributed by atoms with van der Waals surface area (Å²) in [6, 6.07) is 11.3. The first-order valence-electron chi connectivity index (χ1n) is 10.3. The Kier molecular flexibility index (Phi) is 7.86. The number of hydrogen-bond acceptors (Lipinski definition) is 4. The molecule has 1 heterocycles. The molecule has 1 unspecified atom stereocenters. The van der Waals surface area contributed by atoms with Crippen molar-refractivity contribution in [3.8, 4) is 6.19 Å². The molecule has 0 radical (unpaired) electrons. The van der Waals surface area contributed by atoms with Crippen LogP contribution in [0.25, 0.3) is 0 Å². The molecule has 2 aromatic carbocycles. The van der Waals surface area contributed by atoms with Crippen LogP contribution in [0.1, 0.15) is 24.0 Å². The van der Waals surface area contributed by atoms with Gasteiger partial charge in [0, 0.05) is 19.5 Å². The van der Waals surface area contributed by atoms with Gasteiger partial charge in [0.05, 0.1) is 18.3 Å². The van der Waals surface area contributed by atoms with Crippen molar-refractivity contribution in [1.29, 1.82) is 10.7 Å². The van der Waals surface area contributed by atoms with E-state index in [9.17, 15) is 13.6 Å². The zero-order valence-corrected chi connectivity index (χ0v) is 17.4. The number of halogens is 2. The highest BCUT2D eigenvalue weighted by molar-refractivity contribution is 6.04. The van der Waals surface area contributed by atoms with Crippen molar-refractivity contribution in [2.75, 3.05) is 19.6 Å². The quantitative estimate of drug-likeness (QED) is 0.255. The maximum absolute atomic E-state index is 13.8. The van der Waals surface area contributed by atoms with Gasteiger partial charge in [-0.3, -0.25) is 10.1 Å². The predicted molar refractivity (Wildman–Crippen MR) is 117 cm³/mol. The molecule has 0 saturated carbocycles. The lowest BCUT2D eigenvalue weighted by molar-refractivity contribution is -0.128. The zero-order chi connectivity index (χ0) is 22.9. The van der Waals surface area contributed by atoms with Crippen LogP contribution in [0.3, 0.4) is 0 Å². The summed E-state index contributed by atoms with van der Waals surface area (Å²) in [6.07, 6.45) is 3.29. The van der Waals surface area contributed by atoms with Crippen molar-refractivity contribution in [3.63, 3.8) is 0 Å². The Hall–Kier alpha value is -3.80. The molecule has 0 aliphatic carbocycles. The number of amides is 1. The Morgan fingerprint density at radius 2 is 1.97 bits per heavy atom. The van der Waals surface area contributed by atoms with E-state index in [4.69, 9.17) is 10.7 Å². The van der Waals surface area contributed by atoms with Crippen LogP contribution in [0.2, 0.25) is 0 Å². The number of rotatable bonds is 8. The molecule has 9 heteroatoms. The van der Waals surface area contributed by atoms with Crippen LogP contribution in [-0.2, 0) is 11.2 Å². The molecule has 3 rings (SSSR count). The number of nitriles is 1. The van der Waals surface area contributed by atoms with Gasteiger partial charge in [-0.05, 0) is 42.2 Å². The van der Waals surface area contributed by atoms with Crippen LogP contribution in [-0.4, -0.2) is 48.2 Å². The first-order valence-corrected chi connectivity index (χ1v) is 10.3. The number of likely N-dealkylation sites (tertiary alicyclic amines) is 1. The molecule has 0 aromatic heterocycles. The maximum atomic E-state index is 13.8. The lowest BCUT2D eigenvalue weighted by Crippen LogP contribution is -2.45. The predicted octanol–water partition coefficient (Wildman–Crippen LogP) is 2.58. The number of carbonyl (C=O) groups excluding carboxylic acids is 1. The van der Waals surface area contributed by atoms with E-state index in [1.807, 2.05) is 0 Å². The lowest BCUT2D eigenvalue weighted by atomic mass is 10.0. The van der Waals surface area contributed by atoms with Gasteiger partial charge in [-0.2, -0.15) is 5.26 Å². The highest BCUT2D eigenvalue weighted by atomic mass is 19.1. The molecule has 1 aliphatic rings. The molecule has 0 spiro atoms. The molecule has 1 amide bonds. The van der Waals surface area contributed by atoms with Crippen LogP contribution in [0.4, 0.5) is 8.78 Å². The highest BCUT2D eigenvalue weighted by Gasteiger charge is 2.31. The van der Waals surface area contributed by atoms with Crippen LogP contribution < -0.4 is 10.6 Å². The van der Waals surface area contributed by atoms with E-state index in [0.717, 1.165) is 0 Å². The van der Waals surface area contributed by atoms with Crippen molar-refractivity contribution >= 4 is 17.6 Å². The molecule has 32 heavy (non-hydrogen) atoms. The molecular formula is C23H24F2N6O. The van der Waals surface area contributed by atoms with Gasteiger partial charge >= 0.3 is 0 Å². The fourth-order valence-electron chi connectivity index (χ4n) is 3.55. The third-order valence-electron chi connectivity index (χ3n) is 5.22. The van der Waals surface area contributed by atoms with E-state index in [1.165, 1.54) is 30.3 Å². The Morgan fingerprint density at radius 1 is 1.22 bits per heavy atom. The van der Waals surface area contributed by atoms with Crippen molar-refractivity contribution in [2.45, 2.75) is 25.3 Å². The smallest absolute Gasteiger partial charge is 0.223 e. The summed E-state index contributed by atoms with van der Waals surface area (Å²) in [5.41, 5.74) is 1.18. The minimum Gasteiger partial charge on any atom is -0.355 e. The normalized spacial score (nSPS) is 14.7. The molecule has 1 atom stereocenters. The summed E-state index contributed by atoms with van der Waals surface area (Å²) in [5, 5.41) is 23.1. The Labute approximate surface area is 185 Å². The Bertz CT molecular complexity index is 1030. The molecule has 2 aromatic rings. The minimum absolute atomic E-state index is 0.0403. The summed E-state index contributed by atoms with van der Waals surface area (Å²) in [5.74, 6) is -0.610. The second kappa shape index (κ2) is 11.0. The van der Waals surface area contributed by atoms with Crippen LogP contribution in [0.5, 0.6) is 0 Å². The van der Waals surface area contributed by atoms with Crippen LogP contribution in [0.15, 0.2) is 53.5 Å². The summed E-state index contributed by atoms with van der Waals surface area (Å²) in [4.78, 5) is 18.3. The number of aliphatic imine (C=N–C) groups is 1. The highest BCUT2D eigenvalue weighted by Crippen LogP contribution is 2.18. The van der Waals surface area contributed by atoms with Gasteiger partial charge in [-0.1, -0.05) is 30.3 Å².